The van der Waals surface area contributed by atoms with Crippen LogP contribution in [0, 0.1) is 0 Å². The van der Waals surface area contributed by atoms with Crippen molar-refractivity contribution >= 4 is 17.7 Å². The molecule has 1 unspecified atom stereocenters. The minimum Gasteiger partial charge on any atom is -0.343 e. The molecule has 0 radical (unpaired) electrons. The van der Waals surface area contributed by atoms with Crippen molar-refractivity contribution in [2.75, 3.05) is 45.8 Å². The van der Waals surface area contributed by atoms with Crippen LogP contribution in [0.3, 0.4) is 0 Å². The maximum absolute atomic E-state index is 12.6. The van der Waals surface area contributed by atoms with E-state index < -0.39 is 0 Å². The molecule has 0 aromatic rings. The van der Waals surface area contributed by atoms with Crippen molar-refractivity contribution in [2.45, 2.75) is 58.4 Å². The van der Waals surface area contributed by atoms with E-state index in [1.807, 2.05) is 14.7 Å². The van der Waals surface area contributed by atoms with Crippen LogP contribution in [-0.2, 0) is 14.4 Å². The quantitative estimate of drug-likeness (QED) is 0.691. The molecule has 26 heavy (non-hydrogen) atoms. The molecule has 148 valence electrons. The summed E-state index contributed by atoms with van der Waals surface area (Å²) in [5, 5.41) is 3.09. The maximum Gasteiger partial charge on any atom is 0.236 e. The standard InChI is InChI=1S/C19H34N4O3/c1-3-10-21(11-4-2)17(24)7-8-18(25)22-12-5-6-16(15-22)23-13-9-20-14-19(23)26/h16,20H,3-15H2,1-2H3. The molecule has 2 fully saturated rings. The number of nitrogens with one attached hydrogen (secondary N) is 1. The number of piperazine rings is 1. The lowest BCUT2D eigenvalue weighted by Gasteiger charge is -2.41. The number of hydrogen-bond donors (Lipinski definition) is 1. The summed E-state index contributed by atoms with van der Waals surface area (Å²) in [6.45, 7) is 8.91. The van der Waals surface area contributed by atoms with E-state index >= 15 is 0 Å². The molecular formula is C19H34N4O3. The number of carbonyl (C=O) groups excluding carboxylic acids is 3. The van der Waals surface area contributed by atoms with Gasteiger partial charge in [0.1, 0.15) is 0 Å². The molecule has 0 bridgehead atoms. The average Bonchev–Trinajstić information content (AvgIpc) is 2.66. The molecule has 3 amide bonds. The first-order valence-electron chi connectivity index (χ1n) is 10.1. The molecule has 0 spiro atoms. The van der Waals surface area contributed by atoms with Crippen LogP contribution in [0.5, 0.6) is 0 Å². The molecule has 2 aliphatic rings. The van der Waals surface area contributed by atoms with E-state index in [0.717, 1.165) is 51.9 Å². The van der Waals surface area contributed by atoms with Gasteiger partial charge in [0.2, 0.25) is 17.7 Å². The van der Waals surface area contributed by atoms with E-state index in [1.165, 1.54) is 0 Å². The van der Waals surface area contributed by atoms with Crippen molar-refractivity contribution in [1.82, 2.24) is 20.0 Å². The van der Waals surface area contributed by atoms with Crippen molar-refractivity contribution < 1.29 is 14.4 Å². The largest absolute Gasteiger partial charge is 0.343 e. The fourth-order valence-corrected chi connectivity index (χ4v) is 3.87. The highest BCUT2D eigenvalue weighted by Crippen LogP contribution is 2.18. The molecule has 1 N–H and O–H groups in total. The van der Waals surface area contributed by atoms with Gasteiger partial charge in [0.15, 0.2) is 0 Å². The summed E-state index contributed by atoms with van der Waals surface area (Å²) in [7, 11) is 0. The van der Waals surface area contributed by atoms with E-state index in [4.69, 9.17) is 0 Å². The molecule has 0 aliphatic carbocycles. The summed E-state index contributed by atoms with van der Waals surface area (Å²) in [6, 6.07) is 0.120. The maximum atomic E-state index is 12.6. The zero-order valence-corrected chi connectivity index (χ0v) is 16.3. The lowest BCUT2D eigenvalue weighted by molar-refractivity contribution is -0.141. The number of carbonyl (C=O) groups is 3. The zero-order valence-electron chi connectivity index (χ0n) is 16.3. The third-order valence-electron chi connectivity index (χ3n) is 5.21. The Labute approximate surface area is 157 Å². The molecule has 0 aromatic heterocycles. The minimum atomic E-state index is 0.0404. The second kappa shape index (κ2) is 10.5. The van der Waals surface area contributed by atoms with Crippen molar-refractivity contribution in [2.24, 2.45) is 0 Å². The molecule has 0 saturated carbocycles. The SMILES string of the molecule is CCCN(CCC)C(=O)CCC(=O)N1CCCC(N2CCNCC2=O)C1. The van der Waals surface area contributed by atoms with E-state index in [1.54, 1.807) is 0 Å². The molecule has 7 heteroatoms. The summed E-state index contributed by atoms with van der Waals surface area (Å²) in [4.78, 5) is 42.7. The minimum absolute atomic E-state index is 0.0404. The first kappa shape index (κ1) is 20.7. The van der Waals surface area contributed by atoms with E-state index in [9.17, 15) is 14.4 Å². The Hall–Kier alpha value is -1.63. The van der Waals surface area contributed by atoms with Gasteiger partial charge in [-0.25, -0.2) is 0 Å². The first-order valence-corrected chi connectivity index (χ1v) is 10.1. The van der Waals surface area contributed by atoms with Gasteiger partial charge in [-0.3, -0.25) is 14.4 Å². The Morgan fingerprint density at radius 3 is 2.54 bits per heavy atom. The third kappa shape index (κ3) is 5.69. The molecule has 2 aliphatic heterocycles. The smallest absolute Gasteiger partial charge is 0.236 e. The van der Waals surface area contributed by atoms with Crippen LogP contribution in [-0.4, -0.2) is 84.3 Å². The van der Waals surface area contributed by atoms with E-state index in [2.05, 4.69) is 19.2 Å². The monoisotopic (exact) mass is 366 g/mol. The Morgan fingerprint density at radius 1 is 1.15 bits per heavy atom. The lowest BCUT2D eigenvalue weighted by Crippen LogP contribution is -2.57. The van der Waals surface area contributed by atoms with Crippen molar-refractivity contribution in [3.8, 4) is 0 Å². The normalized spacial score (nSPS) is 21.0. The fourth-order valence-electron chi connectivity index (χ4n) is 3.87. The Bertz CT molecular complexity index is 491. The first-order chi connectivity index (χ1) is 12.6. The average molecular weight is 367 g/mol. The summed E-state index contributed by atoms with van der Waals surface area (Å²) in [6.07, 6.45) is 4.30. The predicted octanol–water partition coefficient (Wildman–Crippen LogP) is 0.838. The molecule has 2 heterocycles. The van der Waals surface area contributed by atoms with E-state index in [0.29, 0.717) is 19.6 Å². The number of amides is 3. The summed E-state index contributed by atoms with van der Waals surface area (Å²) < 4.78 is 0. The predicted molar refractivity (Wildman–Crippen MR) is 101 cm³/mol. The van der Waals surface area contributed by atoms with Gasteiger partial charge in [-0.15, -0.1) is 0 Å². The van der Waals surface area contributed by atoms with Gasteiger partial charge in [-0.1, -0.05) is 13.8 Å². The Morgan fingerprint density at radius 2 is 1.88 bits per heavy atom. The van der Waals surface area contributed by atoms with Crippen LogP contribution in [0.15, 0.2) is 0 Å². The number of nitrogens with zero attached hydrogens (tertiary/aromatic N) is 3. The Kier molecular flexibility index (Phi) is 8.35. The summed E-state index contributed by atoms with van der Waals surface area (Å²) >= 11 is 0. The molecule has 2 saturated heterocycles. The highest BCUT2D eigenvalue weighted by atomic mass is 16.2. The van der Waals surface area contributed by atoms with Crippen LogP contribution < -0.4 is 5.32 Å². The fraction of sp³-hybridized carbons (Fsp3) is 0.842. The van der Waals surface area contributed by atoms with Gasteiger partial charge in [-0.05, 0) is 25.7 Å². The van der Waals surface area contributed by atoms with Crippen LogP contribution in [0.2, 0.25) is 0 Å². The van der Waals surface area contributed by atoms with Gasteiger partial charge in [0.05, 0.1) is 6.54 Å². The molecule has 1 atom stereocenters. The van der Waals surface area contributed by atoms with Crippen molar-refractivity contribution in [3.05, 3.63) is 0 Å². The second-order valence-corrected chi connectivity index (χ2v) is 7.28. The zero-order chi connectivity index (χ0) is 18.9. The van der Waals surface area contributed by atoms with Gasteiger partial charge in [-0.2, -0.15) is 0 Å². The topological polar surface area (TPSA) is 73.0 Å². The number of likely N-dealkylation sites (tertiary alicyclic amines) is 1. The Balaban J connectivity index is 1.82. The third-order valence-corrected chi connectivity index (χ3v) is 5.21. The van der Waals surface area contributed by atoms with Crippen molar-refractivity contribution in [1.29, 1.82) is 0 Å². The molecule has 0 aromatic carbocycles. The van der Waals surface area contributed by atoms with Crippen LogP contribution in [0.25, 0.3) is 0 Å². The number of piperidine rings is 1. The number of hydrogen-bond acceptors (Lipinski definition) is 4. The summed E-state index contributed by atoms with van der Waals surface area (Å²) in [5.74, 6) is 0.243. The molecule has 2 rings (SSSR count). The lowest BCUT2D eigenvalue weighted by atomic mass is 10.0. The molecular weight excluding hydrogens is 332 g/mol. The van der Waals surface area contributed by atoms with Crippen LogP contribution in [0.1, 0.15) is 52.4 Å². The number of rotatable bonds is 8. The van der Waals surface area contributed by atoms with Gasteiger partial charge in [0.25, 0.3) is 0 Å². The summed E-state index contributed by atoms with van der Waals surface area (Å²) in [5.41, 5.74) is 0. The van der Waals surface area contributed by atoms with Gasteiger partial charge < -0.3 is 20.0 Å². The highest BCUT2D eigenvalue weighted by Gasteiger charge is 2.31. The highest BCUT2D eigenvalue weighted by molar-refractivity contribution is 5.84. The van der Waals surface area contributed by atoms with Crippen LogP contribution >= 0.6 is 0 Å². The van der Waals surface area contributed by atoms with Gasteiger partial charge >= 0.3 is 0 Å². The van der Waals surface area contributed by atoms with E-state index in [-0.39, 0.29) is 36.6 Å². The van der Waals surface area contributed by atoms with Gasteiger partial charge in [0, 0.05) is 58.2 Å². The molecule has 7 nitrogen and oxygen atoms in total. The second-order valence-electron chi connectivity index (χ2n) is 7.28. The van der Waals surface area contributed by atoms with Crippen LogP contribution in [0.4, 0.5) is 0 Å². The van der Waals surface area contributed by atoms with Crippen molar-refractivity contribution in [3.63, 3.8) is 0 Å².